The van der Waals surface area contributed by atoms with E-state index in [4.69, 9.17) is 4.42 Å². The molecule has 10 heteroatoms. The first-order valence-corrected chi connectivity index (χ1v) is 8.45. The van der Waals surface area contributed by atoms with Crippen LogP contribution in [0.2, 0.25) is 0 Å². The Morgan fingerprint density at radius 2 is 1.85 bits per heavy atom. The van der Waals surface area contributed by atoms with Crippen LogP contribution >= 0.6 is 0 Å². The zero-order valence-corrected chi connectivity index (χ0v) is 14.0. The molecule has 27 heavy (non-hydrogen) atoms. The van der Waals surface area contributed by atoms with Crippen molar-refractivity contribution in [3.05, 3.63) is 45.6 Å². The molecule has 2 N–H and O–H groups in total. The molecule has 142 valence electrons. The van der Waals surface area contributed by atoms with Crippen LogP contribution in [0.3, 0.4) is 0 Å². The number of tetrazole rings is 1. The fourth-order valence-corrected chi connectivity index (χ4v) is 3.76. The molecule has 4 rings (SSSR count). The van der Waals surface area contributed by atoms with Gasteiger partial charge in [0.15, 0.2) is 11.3 Å². The van der Waals surface area contributed by atoms with Crippen molar-refractivity contribution in [2.45, 2.75) is 43.7 Å². The number of phenolic OH excluding ortho intramolecular Hbond substituents is 1. The lowest BCUT2D eigenvalue weighted by atomic mass is 9.77. The summed E-state index contributed by atoms with van der Waals surface area (Å²) in [7, 11) is 0. The van der Waals surface area contributed by atoms with E-state index in [1.54, 1.807) is 0 Å². The van der Waals surface area contributed by atoms with Gasteiger partial charge in [0.25, 0.3) is 0 Å². The van der Waals surface area contributed by atoms with Gasteiger partial charge >= 0.3 is 6.18 Å². The number of hydrogen-bond donors (Lipinski definition) is 2. The highest BCUT2D eigenvalue weighted by atomic mass is 19.4. The van der Waals surface area contributed by atoms with Crippen LogP contribution in [0.1, 0.15) is 54.7 Å². The molecule has 0 aliphatic heterocycles. The van der Waals surface area contributed by atoms with E-state index in [2.05, 4.69) is 20.6 Å². The number of alkyl halides is 3. The highest BCUT2D eigenvalue weighted by Crippen LogP contribution is 2.43. The molecule has 2 aromatic heterocycles. The minimum Gasteiger partial charge on any atom is -0.508 e. The molecule has 3 aromatic rings. The van der Waals surface area contributed by atoms with Gasteiger partial charge in [-0.05, 0) is 43.7 Å². The zero-order chi connectivity index (χ0) is 19.2. The van der Waals surface area contributed by atoms with Crippen LogP contribution in [0.25, 0.3) is 11.0 Å². The molecule has 0 spiro atoms. The summed E-state index contributed by atoms with van der Waals surface area (Å²) in [5.74, 6) is -1.59. The van der Waals surface area contributed by atoms with E-state index >= 15 is 0 Å². The van der Waals surface area contributed by atoms with Crippen LogP contribution in [-0.2, 0) is 6.18 Å². The van der Waals surface area contributed by atoms with E-state index in [9.17, 15) is 23.1 Å². The molecule has 0 bridgehead atoms. The van der Waals surface area contributed by atoms with Gasteiger partial charge in [0.1, 0.15) is 11.3 Å². The van der Waals surface area contributed by atoms with E-state index in [0.29, 0.717) is 31.5 Å². The van der Waals surface area contributed by atoms with Gasteiger partial charge in [0, 0.05) is 12.0 Å². The van der Waals surface area contributed by atoms with E-state index in [1.165, 1.54) is 12.1 Å². The number of fused-ring (bicyclic) bond motifs is 1. The number of nitrogens with one attached hydrogen (secondary N) is 1. The lowest BCUT2D eigenvalue weighted by Gasteiger charge is -2.27. The number of aromatic hydroxyl groups is 1. The Bertz CT molecular complexity index is 1020. The number of aromatic amines is 1. The molecule has 2 heterocycles. The average molecular weight is 380 g/mol. The van der Waals surface area contributed by atoms with Crippen molar-refractivity contribution in [3.63, 3.8) is 0 Å². The molecule has 7 nitrogen and oxygen atoms in total. The summed E-state index contributed by atoms with van der Waals surface area (Å²) in [5.41, 5.74) is -1.32. The molecule has 1 saturated carbocycles. The van der Waals surface area contributed by atoms with Crippen LogP contribution in [0.5, 0.6) is 5.75 Å². The van der Waals surface area contributed by atoms with Crippen molar-refractivity contribution in [2.75, 3.05) is 0 Å². The third-order valence-electron chi connectivity index (χ3n) is 5.03. The molecule has 1 fully saturated rings. The number of aromatic nitrogens is 4. The summed E-state index contributed by atoms with van der Waals surface area (Å²) in [5, 5.41) is 23.2. The Morgan fingerprint density at radius 3 is 2.48 bits per heavy atom. The van der Waals surface area contributed by atoms with Crippen molar-refractivity contribution in [1.82, 2.24) is 20.6 Å². The Hall–Kier alpha value is -2.91. The minimum atomic E-state index is -4.81. The van der Waals surface area contributed by atoms with Gasteiger partial charge in [0.05, 0.1) is 10.9 Å². The highest BCUT2D eigenvalue weighted by Gasteiger charge is 2.42. The van der Waals surface area contributed by atoms with Gasteiger partial charge < -0.3 is 9.52 Å². The monoisotopic (exact) mass is 380 g/mol. The first-order chi connectivity index (χ1) is 12.8. The number of phenols is 1. The average Bonchev–Trinajstić information content (AvgIpc) is 3.15. The van der Waals surface area contributed by atoms with Crippen LogP contribution in [-0.4, -0.2) is 25.7 Å². The van der Waals surface area contributed by atoms with Gasteiger partial charge in [0.2, 0.25) is 5.76 Å². The van der Waals surface area contributed by atoms with E-state index in [-0.39, 0.29) is 28.2 Å². The normalized spacial score (nSPS) is 20.9. The number of H-pyrrole nitrogens is 1. The maximum atomic E-state index is 13.6. The standard InChI is InChI=1S/C17H15F3N4O3/c18-17(19,20)15-13(14(26)11-6-5-10(25)7-12(11)27-15)8-1-3-9(4-2-8)16-21-23-24-22-16/h5-9,25H,1-4H2,(H,21,22,23,24). The fraction of sp³-hybridized carbons (Fsp3) is 0.412. The molecular formula is C17H15F3N4O3. The number of halogens is 3. The molecule has 1 aliphatic carbocycles. The highest BCUT2D eigenvalue weighted by molar-refractivity contribution is 5.79. The number of benzene rings is 1. The van der Waals surface area contributed by atoms with Gasteiger partial charge in [-0.3, -0.25) is 4.79 Å². The Labute approximate surface area is 150 Å². The van der Waals surface area contributed by atoms with E-state index in [0.717, 1.165) is 6.07 Å². The molecule has 0 saturated heterocycles. The summed E-state index contributed by atoms with van der Waals surface area (Å²) in [6.07, 6.45) is -2.94. The van der Waals surface area contributed by atoms with Crippen molar-refractivity contribution in [2.24, 2.45) is 0 Å². The Morgan fingerprint density at radius 1 is 1.15 bits per heavy atom. The minimum absolute atomic E-state index is 0.00113. The maximum Gasteiger partial charge on any atom is 0.449 e. The summed E-state index contributed by atoms with van der Waals surface area (Å²) in [4.78, 5) is 12.8. The molecular weight excluding hydrogens is 365 g/mol. The summed E-state index contributed by atoms with van der Waals surface area (Å²) in [6, 6.07) is 3.55. The quantitative estimate of drug-likeness (QED) is 0.705. The SMILES string of the molecule is O=c1c(C2CCC(c3nn[nH]n3)CC2)c(C(F)(F)F)oc2cc(O)ccc12. The first-order valence-electron chi connectivity index (χ1n) is 8.45. The van der Waals surface area contributed by atoms with Gasteiger partial charge in [-0.15, -0.1) is 10.2 Å². The molecule has 0 amide bonds. The molecule has 0 unspecified atom stereocenters. The molecule has 0 radical (unpaired) electrons. The Kier molecular flexibility index (Phi) is 4.12. The molecule has 1 aromatic carbocycles. The zero-order valence-electron chi connectivity index (χ0n) is 14.0. The fourth-order valence-electron chi connectivity index (χ4n) is 3.76. The number of rotatable bonds is 2. The lowest BCUT2D eigenvalue weighted by molar-refractivity contribution is -0.154. The van der Waals surface area contributed by atoms with Crippen LogP contribution in [0.15, 0.2) is 27.4 Å². The summed E-state index contributed by atoms with van der Waals surface area (Å²) >= 11 is 0. The Balaban J connectivity index is 1.75. The van der Waals surface area contributed by atoms with Crippen LogP contribution in [0.4, 0.5) is 13.2 Å². The van der Waals surface area contributed by atoms with E-state index in [1.807, 2.05) is 0 Å². The van der Waals surface area contributed by atoms with Crippen LogP contribution in [0, 0.1) is 0 Å². The van der Waals surface area contributed by atoms with Crippen molar-refractivity contribution < 1.29 is 22.7 Å². The van der Waals surface area contributed by atoms with Gasteiger partial charge in [-0.25, -0.2) is 0 Å². The lowest BCUT2D eigenvalue weighted by Crippen LogP contribution is -2.24. The molecule has 1 aliphatic rings. The second-order valence-corrected chi connectivity index (χ2v) is 6.67. The number of hydrogen-bond acceptors (Lipinski definition) is 6. The smallest absolute Gasteiger partial charge is 0.449 e. The van der Waals surface area contributed by atoms with Crippen molar-refractivity contribution >= 4 is 11.0 Å². The second-order valence-electron chi connectivity index (χ2n) is 6.67. The largest absolute Gasteiger partial charge is 0.508 e. The third kappa shape index (κ3) is 3.15. The van der Waals surface area contributed by atoms with E-state index < -0.39 is 23.3 Å². The topological polar surface area (TPSA) is 105 Å². The first kappa shape index (κ1) is 17.5. The van der Waals surface area contributed by atoms with Gasteiger partial charge in [-0.2, -0.15) is 18.4 Å². The second kappa shape index (κ2) is 6.36. The third-order valence-corrected chi connectivity index (χ3v) is 5.03. The van der Waals surface area contributed by atoms with Crippen LogP contribution < -0.4 is 5.43 Å². The predicted octanol–water partition coefficient (Wildman–Crippen LogP) is 3.47. The predicted molar refractivity (Wildman–Crippen MR) is 87.3 cm³/mol. The number of nitrogens with zero attached hydrogens (tertiary/aromatic N) is 3. The summed E-state index contributed by atoms with van der Waals surface area (Å²) < 4.78 is 45.8. The van der Waals surface area contributed by atoms with Gasteiger partial charge in [-0.1, -0.05) is 5.21 Å². The van der Waals surface area contributed by atoms with Crippen molar-refractivity contribution in [1.29, 1.82) is 0 Å². The van der Waals surface area contributed by atoms with Crippen molar-refractivity contribution in [3.8, 4) is 5.75 Å². The maximum absolute atomic E-state index is 13.6. The summed E-state index contributed by atoms with van der Waals surface area (Å²) in [6.45, 7) is 0. The molecule has 0 atom stereocenters.